The first-order valence-corrected chi connectivity index (χ1v) is 7.38. The Morgan fingerprint density at radius 1 is 1.37 bits per heavy atom. The van der Waals surface area contributed by atoms with E-state index in [4.69, 9.17) is 5.73 Å². The van der Waals surface area contributed by atoms with Crippen LogP contribution in [0.25, 0.3) is 0 Å². The van der Waals surface area contributed by atoms with Crippen molar-refractivity contribution in [1.82, 2.24) is 9.97 Å². The summed E-state index contributed by atoms with van der Waals surface area (Å²) in [6.07, 6.45) is 5.95. The van der Waals surface area contributed by atoms with Crippen LogP contribution in [0.5, 0.6) is 0 Å². The Hall–Kier alpha value is -1.37. The lowest BCUT2D eigenvalue weighted by Crippen LogP contribution is -2.27. The Bertz CT molecular complexity index is 583. The van der Waals surface area contributed by atoms with Gasteiger partial charge >= 0.3 is 0 Å². The summed E-state index contributed by atoms with van der Waals surface area (Å²) in [5.41, 5.74) is 7.88. The van der Waals surface area contributed by atoms with Crippen molar-refractivity contribution in [2.45, 2.75) is 25.4 Å². The highest BCUT2D eigenvalue weighted by Gasteiger charge is 2.31. The van der Waals surface area contributed by atoms with Crippen LogP contribution in [0.2, 0.25) is 0 Å². The van der Waals surface area contributed by atoms with Gasteiger partial charge in [0.2, 0.25) is 0 Å². The molecule has 0 spiro atoms. The second-order valence-electron chi connectivity index (χ2n) is 4.80. The number of nitrogens with two attached hydrogens (primary N) is 1. The topological polar surface area (TPSA) is 55.0 Å². The van der Waals surface area contributed by atoms with Gasteiger partial charge in [0.1, 0.15) is 12.1 Å². The van der Waals surface area contributed by atoms with Gasteiger partial charge < -0.3 is 10.6 Å². The highest BCUT2D eigenvalue weighted by molar-refractivity contribution is 14.1. The molecule has 0 amide bonds. The van der Waals surface area contributed by atoms with Crippen LogP contribution in [-0.4, -0.2) is 16.0 Å². The average molecular weight is 366 g/mol. The predicted molar refractivity (Wildman–Crippen MR) is 84.8 cm³/mol. The van der Waals surface area contributed by atoms with E-state index < -0.39 is 0 Å². The summed E-state index contributed by atoms with van der Waals surface area (Å²) >= 11 is 2.29. The predicted octanol–water partition coefficient (Wildman–Crippen LogP) is 2.83. The summed E-state index contributed by atoms with van der Waals surface area (Å²) in [5.74, 6) is 1.03. The Morgan fingerprint density at radius 3 is 2.89 bits per heavy atom. The molecule has 3 rings (SSSR count). The van der Waals surface area contributed by atoms with Crippen molar-refractivity contribution in [2.75, 3.05) is 10.6 Å². The van der Waals surface area contributed by atoms with E-state index in [0.717, 1.165) is 21.6 Å². The summed E-state index contributed by atoms with van der Waals surface area (Å²) in [6, 6.07) is 8.66. The van der Waals surface area contributed by atoms with E-state index in [1.807, 2.05) is 24.4 Å². The number of benzene rings is 1. The minimum Gasteiger partial charge on any atom is -0.399 e. The Balaban J connectivity index is 1.88. The van der Waals surface area contributed by atoms with Crippen LogP contribution in [-0.2, 0) is 6.54 Å². The van der Waals surface area contributed by atoms with E-state index in [-0.39, 0.29) is 0 Å². The molecular formula is C14H15IN4. The van der Waals surface area contributed by atoms with E-state index in [0.29, 0.717) is 6.04 Å². The first-order chi connectivity index (χ1) is 9.24. The van der Waals surface area contributed by atoms with Crippen LogP contribution in [0.1, 0.15) is 18.4 Å². The number of aromatic nitrogens is 2. The number of nitrogens with zero attached hydrogens (tertiary/aromatic N) is 3. The monoisotopic (exact) mass is 366 g/mol. The molecule has 1 aliphatic rings. The lowest BCUT2D eigenvalue weighted by Gasteiger charge is -2.24. The Morgan fingerprint density at radius 2 is 2.21 bits per heavy atom. The van der Waals surface area contributed by atoms with E-state index in [9.17, 15) is 0 Å². The third-order valence-electron chi connectivity index (χ3n) is 3.21. The van der Waals surface area contributed by atoms with Crippen molar-refractivity contribution in [2.24, 2.45) is 0 Å². The standard InChI is InChI=1S/C14H15IN4/c15-13-7-17-9-18-14(13)19(12-4-5-12)8-10-2-1-3-11(16)6-10/h1-3,6-7,9,12H,4-5,8,16H2. The fourth-order valence-corrected chi connectivity index (χ4v) is 2.78. The Kier molecular flexibility index (Phi) is 3.54. The van der Waals surface area contributed by atoms with Crippen molar-refractivity contribution in [3.05, 3.63) is 45.9 Å². The van der Waals surface area contributed by atoms with Crippen LogP contribution in [0.3, 0.4) is 0 Å². The summed E-state index contributed by atoms with van der Waals surface area (Å²) in [6.45, 7) is 0.850. The summed E-state index contributed by atoms with van der Waals surface area (Å²) in [5, 5.41) is 0. The van der Waals surface area contributed by atoms with Crippen molar-refractivity contribution >= 4 is 34.1 Å². The highest BCUT2D eigenvalue weighted by atomic mass is 127. The number of hydrogen-bond acceptors (Lipinski definition) is 4. The molecule has 0 saturated heterocycles. The van der Waals surface area contributed by atoms with Crippen molar-refractivity contribution in [3.8, 4) is 0 Å². The van der Waals surface area contributed by atoms with Gasteiger partial charge in [0.05, 0.1) is 3.57 Å². The molecule has 1 saturated carbocycles. The highest BCUT2D eigenvalue weighted by Crippen LogP contribution is 2.33. The fraction of sp³-hybridized carbons (Fsp3) is 0.286. The van der Waals surface area contributed by atoms with E-state index in [2.05, 4.69) is 43.5 Å². The minimum atomic E-state index is 0.602. The van der Waals surface area contributed by atoms with E-state index in [1.54, 1.807) is 6.33 Å². The van der Waals surface area contributed by atoms with E-state index in [1.165, 1.54) is 18.4 Å². The quantitative estimate of drug-likeness (QED) is 0.668. The average Bonchev–Trinajstić information content (AvgIpc) is 3.21. The summed E-state index contributed by atoms with van der Waals surface area (Å²) in [7, 11) is 0. The molecule has 2 aromatic rings. The van der Waals surface area contributed by atoms with Crippen LogP contribution >= 0.6 is 22.6 Å². The summed E-state index contributed by atoms with van der Waals surface area (Å²) in [4.78, 5) is 10.9. The van der Waals surface area contributed by atoms with Crippen molar-refractivity contribution in [1.29, 1.82) is 0 Å². The normalized spacial score (nSPS) is 14.4. The first-order valence-electron chi connectivity index (χ1n) is 6.30. The molecule has 1 aromatic carbocycles. The zero-order valence-electron chi connectivity index (χ0n) is 10.5. The van der Waals surface area contributed by atoms with Crippen LogP contribution in [0.15, 0.2) is 36.8 Å². The van der Waals surface area contributed by atoms with Crippen molar-refractivity contribution < 1.29 is 0 Å². The van der Waals surface area contributed by atoms with E-state index >= 15 is 0 Å². The van der Waals surface area contributed by atoms with Gasteiger partial charge in [0, 0.05) is 24.5 Å². The second kappa shape index (κ2) is 5.32. The molecule has 0 unspecified atom stereocenters. The molecule has 0 radical (unpaired) electrons. The third kappa shape index (κ3) is 2.97. The molecule has 4 nitrogen and oxygen atoms in total. The van der Waals surface area contributed by atoms with Gasteiger partial charge in [-0.1, -0.05) is 12.1 Å². The second-order valence-corrected chi connectivity index (χ2v) is 5.96. The smallest absolute Gasteiger partial charge is 0.146 e. The molecule has 0 bridgehead atoms. The molecular weight excluding hydrogens is 351 g/mol. The number of hydrogen-bond donors (Lipinski definition) is 1. The molecule has 0 atom stereocenters. The van der Waals surface area contributed by atoms with Gasteiger partial charge in [-0.15, -0.1) is 0 Å². The molecule has 1 fully saturated rings. The molecule has 1 aromatic heterocycles. The SMILES string of the molecule is Nc1cccc(CN(c2ncncc2I)C2CC2)c1. The fourth-order valence-electron chi connectivity index (χ4n) is 2.17. The zero-order valence-corrected chi connectivity index (χ0v) is 12.6. The maximum atomic E-state index is 5.85. The molecule has 2 N–H and O–H groups in total. The summed E-state index contributed by atoms with van der Waals surface area (Å²) < 4.78 is 1.09. The van der Waals surface area contributed by atoms with Gasteiger partial charge in [-0.3, -0.25) is 0 Å². The molecule has 5 heteroatoms. The first kappa shape index (κ1) is 12.7. The number of halogens is 1. The van der Waals surface area contributed by atoms with Gasteiger partial charge in [-0.05, 0) is 53.1 Å². The van der Waals surface area contributed by atoms with Gasteiger partial charge in [0.25, 0.3) is 0 Å². The third-order valence-corrected chi connectivity index (χ3v) is 3.97. The molecule has 98 valence electrons. The lowest BCUT2D eigenvalue weighted by molar-refractivity contribution is 0.772. The van der Waals surface area contributed by atoms with Crippen LogP contribution in [0.4, 0.5) is 11.5 Å². The minimum absolute atomic E-state index is 0.602. The number of nitrogen functional groups attached to an aromatic ring is 1. The maximum Gasteiger partial charge on any atom is 0.146 e. The lowest BCUT2D eigenvalue weighted by atomic mass is 10.2. The van der Waals surface area contributed by atoms with Crippen LogP contribution in [0, 0.1) is 3.57 Å². The number of rotatable bonds is 4. The van der Waals surface area contributed by atoms with Gasteiger partial charge in [-0.25, -0.2) is 9.97 Å². The van der Waals surface area contributed by atoms with Crippen molar-refractivity contribution in [3.63, 3.8) is 0 Å². The van der Waals surface area contributed by atoms with Gasteiger partial charge in [-0.2, -0.15) is 0 Å². The van der Waals surface area contributed by atoms with Gasteiger partial charge in [0.15, 0.2) is 0 Å². The molecule has 1 aliphatic carbocycles. The Labute approximate surface area is 126 Å². The molecule has 0 aliphatic heterocycles. The molecule has 1 heterocycles. The number of anilines is 2. The largest absolute Gasteiger partial charge is 0.399 e. The maximum absolute atomic E-state index is 5.85. The van der Waals surface area contributed by atoms with Crippen LogP contribution < -0.4 is 10.6 Å². The molecule has 19 heavy (non-hydrogen) atoms. The zero-order chi connectivity index (χ0) is 13.2.